The smallest absolute Gasteiger partial charge is 0.275 e. The Morgan fingerprint density at radius 3 is 2.02 bits per heavy atom. The minimum absolute atomic E-state index is 0.188. The summed E-state index contributed by atoms with van der Waals surface area (Å²) in [5.74, 6) is 1.62. The van der Waals surface area contributed by atoms with Gasteiger partial charge in [0.05, 0.1) is 11.9 Å². The van der Waals surface area contributed by atoms with E-state index in [1.165, 1.54) is 0 Å². The summed E-state index contributed by atoms with van der Waals surface area (Å²) in [4.78, 5) is 18.8. The quantitative estimate of drug-likeness (QED) is 0.160. The Labute approximate surface area is 257 Å². The van der Waals surface area contributed by atoms with Crippen molar-refractivity contribution in [3.63, 3.8) is 0 Å². The summed E-state index contributed by atoms with van der Waals surface area (Å²) in [6.07, 6.45) is 3.19. The Kier molecular flexibility index (Phi) is 7.67. The van der Waals surface area contributed by atoms with Crippen LogP contribution >= 0.6 is 11.6 Å². The highest BCUT2D eigenvalue weighted by molar-refractivity contribution is 6.17. The average molecular weight is 592 g/mol. The van der Waals surface area contributed by atoms with E-state index in [0.717, 1.165) is 63.5 Å². The number of rotatable bonds is 8. The van der Waals surface area contributed by atoms with Gasteiger partial charge in [-0.2, -0.15) is 5.10 Å². The van der Waals surface area contributed by atoms with Gasteiger partial charge in [-0.05, 0) is 74.7 Å². The van der Waals surface area contributed by atoms with E-state index in [4.69, 9.17) is 21.4 Å². The van der Waals surface area contributed by atoms with Crippen molar-refractivity contribution in [2.24, 2.45) is 10.1 Å². The van der Waals surface area contributed by atoms with Crippen molar-refractivity contribution in [3.8, 4) is 11.5 Å². The first-order valence-electron chi connectivity index (χ1n) is 14.5. The van der Waals surface area contributed by atoms with Crippen molar-refractivity contribution in [2.45, 2.75) is 39.1 Å². The molecule has 0 atom stereocenters. The molecule has 0 aliphatic carbocycles. The number of alkyl halides is 1. The van der Waals surface area contributed by atoms with Crippen LogP contribution in [-0.2, 0) is 11.4 Å². The maximum Gasteiger partial charge on any atom is 0.275 e. The molecule has 43 heavy (non-hydrogen) atoms. The monoisotopic (exact) mass is 591 g/mol. The number of hydrogen-bond acceptors (Lipinski definition) is 6. The van der Waals surface area contributed by atoms with Gasteiger partial charge in [0.1, 0.15) is 17.0 Å². The fraction of sp³-hybridized carbons (Fsp3) is 0.229. The standard InChI is InChI=1S/C35H34ClN5O2/c1-5-37-30-19-32-28(17-22(30)3)35(29-18-23(4)31(38-6-2)20-33(29)43-32)27-10-8-7-9-26(27)34(42)41(35)40-16-15-39-25-13-11-24(21-36)12-14-25/h7-20,37-38H,5-6,21H2,1-4H3/b39-15?,40-16+. The number of amides is 1. The second-order valence-electron chi connectivity index (χ2n) is 10.7. The van der Waals surface area contributed by atoms with Gasteiger partial charge >= 0.3 is 0 Å². The number of carbonyl (C=O) groups excluding carboxylic acids is 1. The Morgan fingerprint density at radius 2 is 1.44 bits per heavy atom. The number of carbonyl (C=O) groups is 1. The van der Waals surface area contributed by atoms with E-state index >= 15 is 0 Å². The summed E-state index contributed by atoms with van der Waals surface area (Å²) >= 11 is 5.93. The van der Waals surface area contributed by atoms with Gasteiger partial charge in [0.25, 0.3) is 5.91 Å². The van der Waals surface area contributed by atoms with Gasteiger partial charge in [-0.25, -0.2) is 5.01 Å². The molecule has 7 nitrogen and oxygen atoms in total. The number of aryl methyl sites for hydroxylation is 2. The van der Waals surface area contributed by atoms with Crippen LogP contribution in [0.25, 0.3) is 0 Å². The SMILES string of the molecule is CCNc1cc2c(cc1C)C1(c3cc(C)c(NCC)cc3O2)c2ccccc2C(=O)N1/N=C/C=Nc1ccc(CCl)cc1. The molecule has 218 valence electrons. The van der Waals surface area contributed by atoms with Gasteiger partial charge in [-0.15, -0.1) is 11.6 Å². The summed E-state index contributed by atoms with van der Waals surface area (Å²) < 4.78 is 6.64. The van der Waals surface area contributed by atoms with Gasteiger partial charge in [-0.3, -0.25) is 9.79 Å². The zero-order valence-electron chi connectivity index (χ0n) is 24.7. The van der Waals surface area contributed by atoms with Crippen LogP contribution < -0.4 is 15.4 Å². The van der Waals surface area contributed by atoms with Gasteiger partial charge < -0.3 is 15.4 Å². The van der Waals surface area contributed by atoms with Crippen LogP contribution in [0.5, 0.6) is 11.5 Å². The molecule has 0 aromatic heterocycles. The molecule has 0 saturated heterocycles. The van der Waals surface area contributed by atoms with Crippen LogP contribution in [0.3, 0.4) is 0 Å². The molecule has 6 rings (SSSR count). The number of anilines is 2. The van der Waals surface area contributed by atoms with Crippen molar-refractivity contribution in [2.75, 3.05) is 23.7 Å². The van der Waals surface area contributed by atoms with E-state index in [1.54, 1.807) is 17.4 Å². The van der Waals surface area contributed by atoms with Crippen molar-refractivity contribution in [1.29, 1.82) is 0 Å². The number of hydrogen-bond donors (Lipinski definition) is 2. The molecular weight excluding hydrogens is 558 g/mol. The number of nitrogens with one attached hydrogen (secondary N) is 2. The third-order valence-electron chi connectivity index (χ3n) is 8.01. The first kappa shape index (κ1) is 28.5. The lowest BCUT2D eigenvalue weighted by atomic mass is 9.74. The zero-order valence-corrected chi connectivity index (χ0v) is 25.5. The summed E-state index contributed by atoms with van der Waals surface area (Å²) in [6, 6.07) is 23.8. The molecule has 0 bridgehead atoms. The predicted octanol–water partition coefficient (Wildman–Crippen LogP) is 8.15. The minimum atomic E-state index is -1.05. The normalized spacial score (nSPS) is 14.6. The van der Waals surface area contributed by atoms with E-state index in [2.05, 4.69) is 55.5 Å². The number of halogens is 1. The lowest BCUT2D eigenvalue weighted by Gasteiger charge is -2.42. The highest BCUT2D eigenvalue weighted by Crippen LogP contribution is 2.58. The predicted molar refractivity (Wildman–Crippen MR) is 176 cm³/mol. The summed E-state index contributed by atoms with van der Waals surface area (Å²) in [6.45, 7) is 9.82. The largest absolute Gasteiger partial charge is 0.456 e. The number of ether oxygens (including phenoxy) is 1. The topological polar surface area (TPSA) is 78.3 Å². The van der Waals surface area contributed by atoms with Crippen LogP contribution in [-0.4, -0.2) is 36.4 Å². The molecule has 2 N–H and O–H groups in total. The molecule has 1 amide bonds. The van der Waals surface area contributed by atoms with E-state index in [-0.39, 0.29) is 5.91 Å². The average Bonchev–Trinajstić information content (AvgIpc) is 3.26. The first-order chi connectivity index (χ1) is 20.9. The van der Waals surface area contributed by atoms with Gasteiger partial charge in [0.2, 0.25) is 0 Å². The summed E-state index contributed by atoms with van der Waals surface area (Å²) in [7, 11) is 0. The third-order valence-corrected chi connectivity index (χ3v) is 8.32. The molecule has 8 heteroatoms. The lowest BCUT2D eigenvalue weighted by Crippen LogP contribution is -2.44. The van der Waals surface area contributed by atoms with Crippen molar-refractivity contribution in [3.05, 3.63) is 112 Å². The molecule has 0 radical (unpaired) electrons. The maximum atomic E-state index is 14.2. The van der Waals surface area contributed by atoms with Crippen LogP contribution in [0, 0.1) is 13.8 Å². The van der Waals surface area contributed by atoms with Crippen LogP contribution in [0.4, 0.5) is 17.1 Å². The maximum absolute atomic E-state index is 14.2. The van der Waals surface area contributed by atoms with E-state index in [1.807, 2.05) is 60.7 Å². The highest BCUT2D eigenvalue weighted by atomic mass is 35.5. The number of nitrogens with zero attached hydrogens (tertiary/aromatic N) is 3. The first-order valence-corrected chi connectivity index (χ1v) is 15.1. The molecular formula is C35H34ClN5O2. The Balaban J connectivity index is 1.57. The van der Waals surface area contributed by atoms with Gasteiger partial charge in [0, 0.05) is 70.9 Å². The lowest BCUT2D eigenvalue weighted by molar-refractivity contribution is 0.0675. The minimum Gasteiger partial charge on any atom is -0.456 e. The number of hydrazone groups is 1. The summed E-state index contributed by atoms with van der Waals surface area (Å²) in [5.41, 5.74) is 8.01. The molecule has 2 heterocycles. The second-order valence-corrected chi connectivity index (χ2v) is 11.0. The van der Waals surface area contributed by atoms with Crippen molar-refractivity contribution in [1.82, 2.24) is 5.01 Å². The molecule has 2 aliphatic rings. The Hall–Kier alpha value is -4.62. The molecule has 0 saturated carbocycles. The van der Waals surface area contributed by atoms with Crippen LogP contribution in [0.15, 0.2) is 82.9 Å². The fourth-order valence-corrected chi connectivity index (χ4v) is 6.22. The zero-order chi connectivity index (χ0) is 30.1. The number of aliphatic imine (C=N–C) groups is 1. The summed E-state index contributed by atoms with van der Waals surface area (Å²) in [5, 5.41) is 13.3. The molecule has 4 aromatic rings. The molecule has 2 aliphatic heterocycles. The van der Waals surface area contributed by atoms with E-state index in [9.17, 15) is 4.79 Å². The van der Waals surface area contributed by atoms with E-state index in [0.29, 0.717) is 22.9 Å². The molecule has 0 fully saturated rings. The third kappa shape index (κ3) is 4.74. The number of benzene rings is 4. The Bertz CT molecular complexity index is 1700. The molecule has 0 unspecified atom stereocenters. The van der Waals surface area contributed by atoms with Crippen LogP contribution in [0.1, 0.15) is 57.6 Å². The Morgan fingerprint density at radius 1 is 0.837 bits per heavy atom. The van der Waals surface area contributed by atoms with Gasteiger partial charge in [0.15, 0.2) is 0 Å². The van der Waals surface area contributed by atoms with Gasteiger partial charge in [-0.1, -0.05) is 30.3 Å². The number of fused-ring (bicyclic) bond motifs is 6. The molecule has 4 aromatic carbocycles. The van der Waals surface area contributed by atoms with E-state index < -0.39 is 5.54 Å². The molecule has 1 spiro atoms. The van der Waals surface area contributed by atoms with Crippen LogP contribution in [0.2, 0.25) is 0 Å². The van der Waals surface area contributed by atoms with Crippen molar-refractivity contribution >= 4 is 47.0 Å². The highest BCUT2D eigenvalue weighted by Gasteiger charge is 2.57. The fourth-order valence-electron chi connectivity index (χ4n) is 6.05. The van der Waals surface area contributed by atoms with Crippen molar-refractivity contribution < 1.29 is 9.53 Å². The second kappa shape index (κ2) is 11.6.